The van der Waals surface area contributed by atoms with Crippen molar-refractivity contribution in [1.29, 1.82) is 0 Å². The molecule has 0 saturated heterocycles. The maximum absolute atomic E-state index is 10.7. The van der Waals surface area contributed by atoms with E-state index in [1.165, 1.54) is 52.4 Å². The fraction of sp³-hybridized carbons (Fsp3) is 0.900. The molecule has 4 saturated carbocycles. The van der Waals surface area contributed by atoms with Crippen LogP contribution in [0.15, 0.2) is 0 Å². The predicted octanol–water partition coefficient (Wildman–Crippen LogP) is 4.26. The van der Waals surface area contributed by atoms with Crippen molar-refractivity contribution in [3.8, 4) is 0 Å². The molecule has 0 radical (unpaired) electrons. The molecule has 4 rings (SSSR count). The number of ether oxygens (including phenoxy) is 2. The van der Waals surface area contributed by atoms with Crippen molar-refractivity contribution in [2.24, 2.45) is 23.7 Å². The quantitative estimate of drug-likeness (QED) is 0.707. The van der Waals surface area contributed by atoms with Crippen LogP contribution in [0.4, 0.5) is 0 Å². The summed E-state index contributed by atoms with van der Waals surface area (Å²) >= 11 is 0. The molecular weight excluding hydrogens is 304 g/mol. The topological polar surface area (TPSA) is 52.6 Å². The van der Waals surface area contributed by atoms with E-state index in [0.29, 0.717) is 0 Å². The van der Waals surface area contributed by atoms with Gasteiger partial charge in [-0.15, -0.1) is 0 Å². The SMILES string of the molecule is CC(=O)OC1CC2CCC(C2)C1.CC(=O)OC1CC2CCC(C2)C1. The normalized spacial score (nSPS) is 39.6. The number of carbonyl (C=O) groups is 2. The van der Waals surface area contributed by atoms with Gasteiger partial charge in [0, 0.05) is 13.8 Å². The maximum Gasteiger partial charge on any atom is 0.302 e. The Balaban J connectivity index is 0.000000141. The van der Waals surface area contributed by atoms with Crippen LogP contribution >= 0.6 is 0 Å². The highest BCUT2D eigenvalue weighted by molar-refractivity contribution is 5.66. The van der Waals surface area contributed by atoms with Crippen LogP contribution in [0.5, 0.6) is 0 Å². The summed E-state index contributed by atoms with van der Waals surface area (Å²) in [4.78, 5) is 21.4. The van der Waals surface area contributed by atoms with Crippen molar-refractivity contribution in [1.82, 2.24) is 0 Å². The van der Waals surface area contributed by atoms with Gasteiger partial charge in [0.25, 0.3) is 0 Å². The highest BCUT2D eigenvalue weighted by atomic mass is 16.5. The lowest BCUT2D eigenvalue weighted by molar-refractivity contribution is -0.149. The molecule has 4 unspecified atom stereocenters. The third kappa shape index (κ3) is 4.97. The van der Waals surface area contributed by atoms with Gasteiger partial charge in [-0.3, -0.25) is 9.59 Å². The molecule has 24 heavy (non-hydrogen) atoms. The zero-order valence-electron chi connectivity index (χ0n) is 15.2. The summed E-state index contributed by atoms with van der Waals surface area (Å²) in [6.07, 6.45) is 13.2. The lowest BCUT2D eigenvalue weighted by atomic mass is 9.87. The Morgan fingerprint density at radius 2 is 0.875 bits per heavy atom. The summed E-state index contributed by atoms with van der Waals surface area (Å²) in [5.41, 5.74) is 0. The number of esters is 2. The van der Waals surface area contributed by atoms with E-state index in [4.69, 9.17) is 9.47 Å². The number of hydrogen-bond donors (Lipinski definition) is 0. The minimum atomic E-state index is -0.110. The second-order valence-corrected chi connectivity index (χ2v) is 8.50. The lowest BCUT2D eigenvalue weighted by Gasteiger charge is -2.26. The first kappa shape index (κ1) is 17.8. The van der Waals surface area contributed by atoms with Crippen molar-refractivity contribution < 1.29 is 19.1 Å². The fourth-order valence-electron chi connectivity index (χ4n) is 5.55. The zero-order valence-corrected chi connectivity index (χ0v) is 15.2. The molecule has 0 amide bonds. The number of carbonyl (C=O) groups excluding carboxylic acids is 2. The number of rotatable bonds is 2. The summed E-state index contributed by atoms with van der Waals surface area (Å²) in [7, 11) is 0. The summed E-state index contributed by atoms with van der Waals surface area (Å²) in [6, 6.07) is 0. The van der Waals surface area contributed by atoms with Gasteiger partial charge in [-0.05, 0) is 62.2 Å². The minimum Gasteiger partial charge on any atom is -0.463 e. The highest BCUT2D eigenvalue weighted by Crippen LogP contribution is 2.43. The molecule has 136 valence electrons. The Labute approximate surface area is 145 Å². The van der Waals surface area contributed by atoms with Crippen molar-refractivity contribution in [3.63, 3.8) is 0 Å². The molecule has 0 spiro atoms. The van der Waals surface area contributed by atoms with Crippen molar-refractivity contribution in [2.45, 2.75) is 90.3 Å². The van der Waals surface area contributed by atoms with E-state index in [-0.39, 0.29) is 24.1 Å². The van der Waals surface area contributed by atoms with Crippen LogP contribution in [0.1, 0.15) is 78.1 Å². The van der Waals surface area contributed by atoms with Gasteiger partial charge in [-0.2, -0.15) is 0 Å². The largest absolute Gasteiger partial charge is 0.463 e. The highest BCUT2D eigenvalue weighted by Gasteiger charge is 2.36. The van der Waals surface area contributed by atoms with Crippen LogP contribution in [-0.2, 0) is 19.1 Å². The smallest absolute Gasteiger partial charge is 0.302 e. The van der Waals surface area contributed by atoms with E-state index in [2.05, 4.69) is 0 Å². The van der Waals surface area contributed by atoms with Gasteiger partial charge >= 0.3 is 11.9 Å². The second kappa shape index (κ2) is 7.88. The Bertz CT molecular complexity index is 395. The molecule has 4 heteroatoms. The molecule has 4 aliphatic carbocycles. The molecule has 4 nitrogen and oxygen atoms in total. The van der Waals surface area contributed by atoms with Crippen LogP contribution in [0.3, 0.4) is 0 Å². The maximum atomic E-state index is 10.7. The molecule has 0 aromatic rings. The standard InChI is InChI=1S/2C10H16O2/c2*1-7(11)12-10-5-8-2-3-9(4-8)6-10/h2*8-10H,2-6H2,1H3. The molecule has 0 N–H and O–H groups in total. The number of fused-ring (bicyclic) bond motifs is 4. The monoisotopic (exact) mass is 336 g/mol. The first-order valence-electron chi connectivity index (χ1n) is 9.82. The molecule has 4 atom stereocenters. The van der Waals surface area contributed by atoms with Gasteiger partial charge in [-0.1, -0.05) is 25.7 Å². The van der Waals surface area contributed by atoms with Crippen LogP contribution in [0.2, 0.25) is 0 Å². The Kier molecular flexibility index (Phi) is 5.83. The van der Waals surface area contributed by atoms with Crippen molar-refractivity contribution >= 4 is 11.9 Å². The van der Waals surface area contributed by atoms with E-state index >= 15 is 0 Å². The van der Waals surface area contributed by atoms with Crippen LogP contribution < -0.4 is 0 Å². The van der Waals surface area contributed by atoms with E-state index in [9.17, 15) is 9.59 Å². The molecule has 4 aliphatic rings. The van der Waals surface area contributed by atoms with Gasteiger partial charge in [0.15, 0.2) is 0 Å². The molecular formula is C20H32O4. The average Bonchev–Trinajstić information content (AvgIpc) is 3.00. The first-order chi connectivity index (χ1) is 11.5. The molecule has 0 aromatic heterocycles. The first-order valence-corrected chi connectivity index (χ1v) is 9.82. The van der Waals surface area contributed by atoms with Crippen molar-refractivity contribution in [2.75, 3.05) is 0 Å². The van der Waals surface area contributed by atoms with E-state index in [1.54, 1.807) is 0 Å². The summed E-state index contributed by atoms with van der Waals surface area (Å²) in [5.74, 6) is 3.20. The minimum absolute atomic E-state index is 0.110. The van der Waals surface area contributed by atoms with Crippen molar-refractivity contribution in [3.05, 3.63) is 0 Å². The Morgan fingerprint density at radius 3 is 1.12 bits per heavy atom. The predicted molar refractivity (Wildman–Crippen MR) is 91.2 cm³/mol. The third-order valence-corrected chi connectivity index (χ3v) is 6.35. The van der Waals surface area contributed by atoms with Gasteiger partial charge in [0.1, 0.15) is 12.2 Å². The van der Waals surface area contributed by atoms with Crippen LogP contribution in [0.25, 0.3) is 0 Å². The Morgan fingerprint density at radius 1 is 0.583 bits per heavy atom. The van der Waals surface area contributed by atoms with Crippen LogP contribution in [-0.4, -0.2) is 24.1 Å². The molecule has 0 aliphatic heterocycles. The van der Waals surface area contributed by atoms with Crippen LogP contribution in [0, 0.1) is 23.7 Å². The van der Waals surface area contributed by atoms with Gasteiger partial charge in [-0.25, -0.2) is 0 Å². The summed E-state index contributed by atoms with van der Waals surface area (Å²) in [5, 5.41) is 0. The molecule has 0 heterocycles. The molecule has 4 bridgehead atoms. The fourth-order valence-corrected chi connectivity index (χ4v) is 5.55. The van der Waals surface area contributed by atoms with E-state index in [0.717, 1.165) is 49.4 Å². The summed E-state index contributed by atoms with van der Waals surface area (Å²) < 4.78 is 10.5. The zero-order chi connectivity index (χ0) is 17.1. The summed E-state index contributed by atoms with van der Waals surface area (Å²) in [6.45, 7) is 3.02. The van der Waals surface area contributed by atoms with Gasteiger partial charge in [0.05, 0.1) is 0 Å². The molecule has 0 aromatic carbocycles. The lowest BCUT2D eigenvalue weighted by Crippen LogP contribution is -2.25. The average molecular weight is 336 g/mol. The van der Waals surface area contributed by atoms with E-state index in [1.807, 2.05) is 0 Å². The Hall–Kier alpha value is -1.06. The third-order valence-electron chi connectivity index (χ3n) is 6.35. The second-order valence-electron chi connectivity index (χ2n) is 8.50. The van der Waals surface area contributed by atoms with Gasteiger partial charge in [0.2, 0.25) is 0 Å². The van der Waals surface area contributed by atoms with E-state index < -0.39 is 0 Å². The van der Waals surface area contributed by atoms with Gasteiger partial charge < -0.3 is 9.47 Å². The number of hydrogen-bond acceptors (Lipinski definition) is 4. The molecule has 4 fully saturated rings.